The molecular weight excluding hydrogens is 344 g/mol. The van der Waals surface area contributed by atoms with Crippen molar-refractivity contribution in [2.24, 2.45) is 0 Å². The molecule has 0 aliphatic heterocycles. The third-order valence-corrected chi connectivity index (χ3v) is 3.43. The predicted octanol–water partition coefficient (Wildman–Crippen LogP) is 2.41. The number of rotatable bonds is 0. The number of aromatic hydroxyl groups is 4. The highest BCUT2D eigenvalue weighted by molar-refractivity contribution is 5.81. The van der Waals surface area contributed by atoms with Crippen molar-refractivity contribution in [3.63, 3.8) is 0 Å². The minimum Gasteiger partial charge on any atom is -0.504 e. The minimum absolute atomic E-state index is 0.235. The van der Waals surface area contributed by atoms with E-state index >= 15 is 0 Å². The van der Waals surface area contributed by atoms with E-state index in [0.29, 0.717) is 10.8 Å². The average molecular weight is 356 g/mol. The molecule has 0 aliphatic rings. The largest absolute Gasteiger partial charge is 0.504 e. The number of phenols is 4. The molecule has 4 aromatic rings. The summed E-state index contributed by atoms with van der Waals surface area (Å²) in [5, 5.41) is 37.6. The van der Waals surface area contributed by atoms with E-state index in [1.54, 1.807) is 0 Å². The predicted molar refractivity (Wildman–Crippen MR) is 91.6 cm³/mol. The number of hydrogen-bond acceptors (Lipinski definition) is 8. The van der Waals surface area contributed by atoms with Gasteiger partial charge in [0.25, 0.3) is 0 Å². The van der Waals surface area contributed by atoms with Crippen LogP contribution in [0.2, 0.25) is 0 Å². The van der Waals surface area contributed by atoms with E-state index in [1.807, 2.05) is 0 Å². The zero-order chi connectivity index (χ0) is 18.8. The van der Waals surface area contributed by atoms with E-state index in [2.05, 4.69) is 0 Å². The number of hydrogen-bond donors (Lipinski definition) is 4. The molecule has 132 valence electrons. The Kier molecular flexibility index (Phi) is 4.24. The van der Waals surface area contributed by atoms with Gasteiger partial charge in [0, 0.05) is 35.0 Å². The Bertz CT molecular complexity index is 1120. The Morgan fingerprint density at radius 3 is 1.27 bits per heavy atom. The van der Waals surface area contributed by atoms with E-state index in [1.165, 1.54) is 48.5 Å². The number of fused-ring (bicyclic) bond motifs is 2. The highest BCUT2D eigenvalue weighted by Crippen LogP contribution is 2.29. The first kappa shape index (κ1) is 16.9. The Hall–Kier alpha value is -3.94. The molecule has 0 spiro atoms. The van der Waals surface area contributed by atoms with Gasteiger partial charge in [-0.25, -0.2) is 9.59 Å². The van der Waals surface area contributed by atoms with Crippen LogP contribution in [0.15, 0.2) is 67.0 Å². The van der Waals surface area contributed by atoms with Crippen LogP contribution < -0.4 is 11.3 Å². The lowest BCUT2D eigenvalue weighted by molar-refractivity contribution is 0.403. The summed E-state index contributed by atoms with van der Waals surface area (Å²) in [6.07, 6.45) is 0. The van der Waals surface area contributed by atoms with Gasteiger partial charge in [-0.15, -0.1) is 0 Å². The zero-order valence-corrected chi connectivity index (χ0v) is 13.0. The molecule has 8 nitrogen and oxygen atoms in total. The van der Waals surface area contributed by atoms with Crippen LogP contribution in [-0.4, -0.2) is 20.4 Å². The van der Waals surface area contributed by atoms with Crippen molar-refractivity contribution in [3.8, 4) is 23.0 Å². The SMILES string of the molecule is O=c1ccc2cc(O)c(O)cc2o1.O=c1ccc2cc(O)c(O)cc2o1. The van der Waals surface area contributed by atoms with E-state index in [4.69, 9.17) is 29.3 Å². The van der Waals surface area contributed by atoms with Gasteiger partial charge in [-0.05, 0) is 24.3 Å². The molecule has 2 aromatic carbocycles. The highest BCUT2D eigenvalue weighted by Gasteiger charge is 2.04. The lowest BCUT2D eigenvalue weighted by Gasteiger charge is -1.98. The molecule has 0 saturated carbocycles. The molecule has 0 amide bonds. The third kappa shape index (κ3) is 3.44. The van der Waals surface area contributed by atoms with Gasteiger partial charge in [-0.2, -0.15) is 0 Å². The van der Waals surface area contributed by atoms with Crippen molar-refractivity contribution in [1.82, 2.24) is 0 Å². The Morgan fingerprint density at radius 2 is 0.885 bits per heavy atom. The summed E-state index contributed by atoms with van der Waals surface area (Å²) in [4.78, 5) is 21.5. The molecule has 0 saturated heterocycles. The number of benzene rings is 2. The molecule has 0 atom stereocenters. The molecule has 4 N–H and O–H groups in total. The zero-order valence-electron chi connectivity index (χ0n) is 13.0. The molecular formula is C18H12O8. The molecule has 2 aromatic heterocycles. The summed E-state index contributed by atoms with van der Waals surface area (Å²) in [7, 11) is 0. The average Bonchev–Trinajstić information content (AvgIpc) is 2.58. The molecule has 0 fully saturated rings. The van der Waals surface area contributed by atoms with Crippen LogP contribution in [0.25, 0.3) is 21.9 Å². The van der Waals surface area contributed by atoms with Gasteiger partial charge in [0.2, 0.25) is 0 Å². The number of phenolic OH excluding ortho intramolecular Hbond substituents is 4. The summed E-state index contributed by atoms with van der Waals surface area (Å²) in [6, 6.07) is 10.6. The van der Waals surface area contributed by atoms with Crippen molar-refractivity contribution in [2.75, 3.05) is 0 Å². The lowest BCUT2D eigenvalue weighted by Crippen LogP contribution is -1.93. The highest BCUT2D eigenvalue weighted by atomic mass is 16.4. The fourth-order valence-electron chi connectivity index (χ4n) is 2.19. The standard InChI is InChI=1S/2C9H6O4/c2*10-6-3-5-1-2-9(12)13-8(5)4-7(6)11/h2*1-4,10-11H. The monoisotopic (exact) mass is 356 g/mol. The summed E-state index contributed by atoms with van der Waals surface area (Å²) in [5.74, 6) is -1.08. The van der Waals surface area contributed by atoms with E-state index in [9.17, 15) is 9.59 Å². The maximum atomic E-state index is 10.8. The topological polar surface area (TPSA) is 141 Å². The van der Waals surface area contributed by atoms with E-state index in [0.717, 1.165) is 0 Å². The van der Waals surface area contributed by atoms with Gasteiger partial charge in [-0.3, -0.25) is 0 Å². The molecule has 4 rings (SSSR count). The first-order valence-corrected chi connectivity index (χ1v) is 7.25. The first-order valence-electron chi connectivity index (χ1n) is 7.25. The van der Waals surface area contributed by atoms with Gasteiger partial charge in [0.15, 0.2) is 23.0 Å². The Balaban J connectivity index is 0.000000151. The van der Waals surface area contributed by atoms with E-state index < -0.39 is 11.3 Å². The van der Waals surface area contributed by atoms with Crippen LogP contribution in [0.3, 0.4) is 0 Å². The van der Waals surface area contributed by atoms with Crippen molar-refractivity contribution >= 4 is 21.9 Å². The quantitative estimate of drug-likeness (QED) is 0.278. The van der Waals surface area contributed by atoms with Crippen molar-refractivity contribution in [3.05, 3.63) is 69.4 Å². The van der Waals surface area contributed by atoms with E-state index in [-0.39, 0.29) is 34.2 Å². The van der Waals surface area contributed by atoms with Crippen LogP contribution in [0, 0.1) is 0 Å². The molecule has 0 bridgehead atoms. The van der Waals surface area contributed by atoms with Gasteiger partial charge < -0.3 is 29.3 Å². The normalized spacial score (nSPS) is 10.5. The Morgan fingerprint density at radius 1 is 0.538 bits per heavy atom. The molecule has 26 heavy (non-hydrogen) atoms. The summed E-state index contributed by atoms with van der Waals surface area (Å²) in [5.41, 5.74) is -0.472. The third-order valence-electron chi connectivity index (χ3n) is 3.43. The molecule has 0 radical (unpaired) electrons. The summed E-state index contributed by atoms with van der Waals surface area (Å²) in [6.45, 7) is 0. The fourth-order valence-corrected chi connectivity index (χ4v) is 2.19. The second kappa shape index (κ2) is 6.52. The van der Waals surface area contributed by atoms with Crippen LogP contribution in [0.1, 0.15) is 0 Å². The van der Waals surface area contributed by atoms with Crippen LogP contribution >= 0.6 is 0 Å². The van der Waals surface area contributed by atoms with Crippen molar-refractivity contribution < 1.29 is 29.3 Å². The minimum atomic E-state index is -0.488. The van der Waals surface area contributed by atoms with Gasteiger partial charge >= 0.3 is 11.3 Å². The maximum absolute atomic E-state index is 10.8. The van der Waals surface area contributed by atoms with Crippen LogP contribution in [0.5, 0.6) is 23.0 Å². The lowest BCUT2D eigenvalue weighted by atomic mass is 10.2. The fraction of sp³-hybridized carbons (Fsp3) is 0. The first-order chi connectivity index (χ1) is 12.3. The van der Waals surface area contributed by atoms with Crippen LogP contribution in [-0.2, 0) is 0 Å². The summed E-state index contributed by atoms with van der Waals surface area (Å²) >= 11 is 0. The van der Waals surface area contributed by atoms with Gasteiger partial charge in [0.1, 0.15) is 11.2 Å². The molecule has 2 heterocycles. The smallest absolute Gasteiger partial charge is 0.336 e. The second-order valence-electron chi connectivity index (χ2n) is 5.27. The van der Waals surface area contributed by atoms with Crippen molar-refractivity contribution in [1.29, 1.82) is 0 Å². The van der Waals surface area contributed by atoms with Gasteiger partial charge in [0.05, 0.1) is 0 Å². The molecule has 0 unspecified atom stereocenters. The molecule has 0 aliphatic carbocycles. The Labute approximate surface area is 144 Å². The van der Waals surface area contributed by atoms with Crippen LogP contribution in [0.4, 0.5) is 0 Å². The molecule has 8 heteroatoms. The maximum Gasteiger partial charge on any atom is 0.336 e. The summed E-state index contributed by atoms with van der Waals surface area (Å²) < 4.78 is 9.54. The van der Waals surface area contributed by atoms with Gasteiger partial charge in [-0.1, -0.05) is 0 Å². The second-order valence-corrected chi connectivity index (χ2v) is 5.27. The van der Waals surface area contributed by atoms with Crippen molar-refractivity contribution in [2.45, 2.75) is 0 Å².